The number of nitrogens with one attached hydrogen (secondary N) is 2. The highest BCUT2D eigenvalue weighted by molar-refractivity contribution is 7.99. The van der Waals surface area contributed by atoms with Crippen molar-refractivity contribution in [1.29, 1.82) is 0 Å². The molecule has 2 aromatic rings. The van der Waals surface area contributed by atoms with E-state index in [9.17, 15) is 0 Å². The molecule has 3 rings (SSSR count). The number of rotatable bonds is 6. The van der Waals surface area contributed by atoms with Crippen LogP contribution in [-0.4, -0.2) is 40.1 Å². The summed E-state index contributed by atoms with van der Waals surface area (Å²) in [6.45, 7) is 2.54. The molecule has 0 atom stereocenters. The highest BCUT2D eigenvalue weighted by Crippen LogP contribution is 2.16. The number of hydrogen-bond donors (Lipinski definition) is 2. The Morgan fingerprint density at radius 1 is 1.21 bits per heavy atom. The molecule has 7 heteroatoms. The molecule has 1 aliphatic heterocycles. The molecule has 0 fully saturated rings. The van der Waals surface area contributed by atoms with E-state index in [1.807, 2.05) is 17.8 Å². The van der Waals surface area contributed by atoms with E-state index in [1.54, 1.807) is 7.05 Å². The lowest BCUT2D eigenvalue weighted by Gasteiger charge is -2.16. The van der Waals surface area contributed by atoms with Gasteiger partial charge in [-0.05, 0) is 25.0 Å². The number of thioether (sulfide) groups is 1. The van der Waals surface area contributed by atoms with E-state index < -0.39 is 0 Å². The second kappa shape index (κ2) is 8.73. The Kier molecular flexibility index (Phi) is 6.12. The molecule has 1 aliphatic rings. The van der Waals surface area contributed by atoms with Crippen LogP contribution in [0.5, 0.6) is 0 Å². The smallest absolute Gasteiger partial charge is 0.191 e. The van der Waals surface area contributed by atoms with Gasteiger partial charge in [-0.15, -0.1) is 22.0 Å². The zero-order valence-corrected chi connectivity index (χ0v) is 14.9. The van der Waals surface area contributed by atoms with Crippen LogP contribution in [0.15, 0.2) is 40.2 Å². The van der Waals surface area contributed by atoms with Crippen LogP contribution >= 0.6 is 11.8 Å². The van der Waals surface area contributed by atoms with Crippen LogP contribution in [0, 0.1) is 0 Å². The first-order valence-electron chi connectivity index (χ1n) is 8.40. The third-order valence-electron chi connectivity index (χ3n) is 3.98. The lowest BCUT2D eigenvalue weighted by molar-refractivity contribution is 0.504. The molecule has 0 radical (unpaired) electrons. The summed E-state index contributed by atoms with van der Waals surface area (Å²) in [4.78, 5) is 5.56. The largest absolute Gasteiger partial charge is 0.356 e. The van der Waals surface area contributed by atoms with Crippen molar-refractivity contribution < 1.29 is 0 Å². The van der Waals surface area contributed by atoms with Gasteiger partial charge in [0.15, 0.2) is 11.8 Å². The lowest BCUT2D eigenvalue weighted by Crippen LogP contribution is -2.38. The molecule has 6 nitrogen and oxygen atoms in total. The Bertz CT molecular complexity index is 667. The Hall–Kier alpha value is -2.02. The van der Waals surface area contributed by atoms with E-state index in [2.05, 4.69) is 54.7 Å². The number of hydrogen-bond acceptors (Lipinski definition) is 4. The minimum absolute atomic E-state index is 0.651. The van der Waals surface area contributed by atoms with Crippen molar-refractivity contribution in [2.24, 2.45) is 4.99 Å². The van der Waals surface area contributed by atoms with Gasteiger partial charge < -0.3 is 15.2 Å². The minimum atomic E-state index is 0.651. The van der Waals surface area contributed by atoms with Crippen molar-refractivity contribution in [3.8, 4) is 0 Å². The fourth-order valence-electron chi connectivity index (χ4n) is 2.74. The average Bonchev–Trinajstić information content (AvgIpc) is 3.05. The predicted molar refractivity (Wildman–Crippen MR) is 98.3 cm³/mol. The van der Waals surface area contributed by atoms with Gasteiger partial charge >= 0.3 is 0 Å². The molecule has 0 aliphatic carbocycles. The molecular weight excluding hydrogens is 320 g/mol. The monoisotopic (exact) mass is 344 g/mol. The Morgan fingerprint density at radius 3 is 2.92 bits per heavy atom. The molecule has 1 aromatic carbocycles. The molecule has 2 N–H and O–H groups in total. The highest BCUT2D eigenvalue weighted by atomic mass is 32.2. The van der Waals surface area contributed by atoms with Crippen LogP contribution in [0.4, 0.5) is 0 Å². The normalized spacial score (nSPS) is 14.3. The Morgan fingerprint density at radius 2 is 2.08 bits per heavy atom. The topological polar surface area (TPSA) is 67.1 Å². The van der Waals surface area contributed by atoms with Crippen molar-refractivity contribution in [3.63, 3.8) is 0 Å². The maximum atomic E-state index is 4.30. The van der Waals surface area contributed by atoms with Gasteiger partial charge in [0.25, 0.3) is 0 Å². The number of guanidine groups is 1. The van der Waals surface area contributed by atoms with Gasteiger partial charge in [0.2, 0.25) is 0 Å². The maximum Gasteiger partial charge on any atom is 0.191 e. The van der Waals surface area contributed by atoms with Crippen LogP contribution in [0.1, 0.15) is 24.5 Å². The zero-order valence-electron chi connectivity index (χ0n) is 14.0. The van der Waals surface area contributed by atoms with E-state index >= 15 is 0 Å². The zero-order chi connectivity index (χ0) is 16.6. The Labute approximate surface area is 147 Å². The number of aryl methyl sites for hydroxylation is 1. The van der Waals surface area contributed by atoms with Gasteiger partial charge in [0.1, 0.15) is 5.82 Å². The maximum absolute atomic E-state index is 4.30. The van der Waals surface area contributed by atoms with E-state index in [4.69, 9.17) is 0 Å². The quantitative estimate of drug-likeness (QED) is 0.363. The van der Waals surface area contributed by atoms with Gasteiger partial charge in [0, 0.05) is 37.2 Å². The third kappa shape index (κ3) is 4.50. The summed E-state index contributed by atoms with van der Waals surface area (Å²) in [5.74, 6) is 3.90. The van der Waals surface area contributed by atoms with E-state index in [0.29, 0.717) is 6.54 Å². The van der Waals surface area contributed by atoms with Crippen molar-refractivity contribution in [1.82, 2.24) is 25.4 Å². The third-order valence-corrected chi connectivity index (χ3v) is 4.99. The summed E-state index contributed by atoms with van der Waals surface area (Å²) in [5.41, 5.74) is 0. The van der Waals surface area contributed by atoms with Crippen LogP contribution in [0.3, 0.4) is 0 Å². The standard InChI is InChI=1S/C17H24N6S/c1-18-17(19-10-12-24-14-7-3-2-4-8-14)20-13-16-22-21-15-9-5-6-11-23(15)16/h2-4,7-8H,5-6,9-13H2,1H3,(H2,18,19,20). The van der Waals surface area contributed by atoms with Gasteiger partial charge in [-0.3, -0.25) is 4.99 Å². The minimum Gasteiger partial charge on any atom is -0.356 e. The van der Waals surface area contributed by atoms with Gasteiger partial charge in [-0.25, -0.2) is 0 Å². The molecule has 0 saturated heterocycles. The molecule has 2 heterocycles. The first-order chi connectivity index (χ1) is 11.9. The van der Waals surface area contributed by atoms with Crippen molar-refractivity contribution in [2.75, 3.05) is 19.3 Å². The average molecular weight is 344 g/mol. The molecule has 0 spiro atoms. The van der Waals surface area contributed by atoms with Crippen LogP contribution in [-0.2, 0) is 19.5 Å². The van der Waals surface area contributed by atoms with Gasteiger partial charge in [-0.1, -0.05) is 18.2 Å². The molecule has 24 heavy (non-hydrogen) atoms. The molecule has 0 amide bonds. The molecule has 0 unspecified atom stereocenters. The number of nitrogens with zero attached hydrogens (tertiary/aromatic N) is 4. The second-order valence-electron chi connectivity index (χ2n) is 5.66. The van der Waals surface area contributed by atoms with Crippen molar-refractivity contribution in [2.45, 2.75) is 37.2 Å². The van der Waals surface area contributed by atoms with Crippen molar-refractivity contribution >= 4 is 17.7 Å². The van der Waals surface area contributed by atoms with Crippen LogP contribution in [0.25, 0.3) is 0 Å². The first kappa shape index (κ1) is 16.8. The summed E-state index contributed by atoms with van der Waals surface area (Å²) in [6, 6.07) is 10.4. The van der Waals surface area contributed by atoms with Crippen LogP contribution < -0.4 is 10.6 Å². The number of aromatic nitrogens is 3. The summed E-state index contributed by atoms with van der Waals surface area (Å²) < 4.78 is 2.23. The van der Waals surface area contributed by atoms with E-state index in [1.165, 1.54) is 17.7 Å². The van der Waals surface area contributed by atoms with Crippen molar-refractivity contribution in [3.05, 3.63) is 42.0 Å². The fraction of sp³-hybridized carbons (Fsp3) is 0.471. The van der Waals surface area contributed by atoms with E-state index in [-0.39, 0.29) is 0 Å². The van der Waals surface area contributed by atoms with Gasteiger partial charge in [-0.2, -0.15) is 0 Å². The predicted octanol–water partition coefficient (Wildman–Crippen LogP) is 2.07. The first-order valence-corrected chi connectivity index (χ1v) is 9.38. The summed E-state index contributed by atoms with van der Waals surface area (Å²) >= 11 is 1.84. The molecule has 0 bridgehead atoms. The van der Waals surface area contributed by atoms with E-state index in [0.717, 1.165) is 42.9 Å². The SMILES string of the molecule is CN=C(NCCSc1ccccc1)NCc1nnc2n1CCCC2. The molecule has 0 saturated carbocycles. The summed E-state index contributed by atoms with van der Waals surface area (Å²) in [6.07, 6.45) is 3.46. The van der Waals surface area contributed by atoms with Crippen LogP contribution in [0.2, 0.25) is 0 Å². The fourth-order valence-corrected chi connectivity index (χ4v) is 3.53. The molecular formula is C17H24N6S. The lowest BCUT2D eigenvalue weighted by atomic mass is 10.2. The number of aliphatic imine (C=N–C) groups is 1. The Balaban J connectivity index is 1.41. The summed E-state index contributed by atoms with van der Waals surface area (Å²) in [7, 11) is 1.79. The highest BCUT2D eigenvalue weighted by Gasteiger charge is 2.15. The molecule has 128 valence electrons. The number of fused-ring (bicyclic) bond motifs is 1. The number of benzene rings is 1. The van der Waals surface area contributed by atoms with Gasteiger partial charge in [0.05, 0.1) is 6.54 Å². The molecule has 1 aromatic heterocycles. The summed E-state index contributed by atoms with van der Waals surface area (Å²) in [5, 5.41) is 15.3. The second-order valence-corrected chi connectivity index (χ2v) is 6.82.